The molecule has 3 N–H and O–H groups in total. The first-order valence-electron chi connectivity index (χ1n) is 9.79. The minimum absolute atomic E-state index is 0.134. The molecule has 0 heterocycles. The van der Waals surface area contributed by atoms with Crippen LogP contribution in [-0.2, 0) is 11.0 Å². The summed E-state index contributed by atoms with van der Waals surface area (Å²) in [5.74, 6) is -1.73. The van der Waals surface area contributed by atoms with Crippen molar-refractivity contribution < 1.29 is 37.0 Å². The number of carbonyl (C=O) groups excluding carboxylic acids is 2. The average molecular weight is 456 g/mol. The van der Waals surface area contributed by atoms with Crippen molar-refractivity contribution in [2.24, 2.45) is 5.92 Å². The van der Waals surface area contributed by atoms with Gasteiger partial charge in [-0.2, -0.15) is 13.2 Å². The highest BCUT2D eigenvalue weighted by Gasteiger charge is 2.30. The van der Waals surface area contributed by atoms with E-state index in [9.17, 15) is 32.3 Å². The van der Waals surface area contributed by atoms with Crippen LogP contribution in [0.5, 0.6) is 5.75 Å². The number of amides is 2. The molecule has 6 nitrogen and oxygen atoms in total. The molecular weight excluding hydrogens is 432 g/mol. The van der Waals surface area contributed by atoms with Gasteiger partial charge in [0.2, 0.25) is 5.91 Å². The Labute approximate surface area is 182 Å². The summed E-state index contributed by atoms with van der Waals surface area (Å²) in [4.78, 5) is 24.8. The van der Waals surface area contributed by atoms with E-state index in [4.69, 9.17) is 4.74 Å². The number of hydrogen-bond donors (Lipinski definition) is 3. The number of alkyl halides is 3. The Hall–Kier alpha value is -3.14. The lowest BCUT2D eigenvalue weighted by atomic mass is 10.0. The minimum atomic E-state index is -4.46. The lowest BCUT2D eigenvalue weighted by molar-refractivity contribution is -0.137. The Morgan fingerprint density at radius 1 is 1.03 bits per heavy atom. The van der Waals surface area contributed by atoms with Crippen LogP contribution in [0.3, 0.4) is 0 Å². The molecule has 2 aromatic carbocycles. The van der Waals surface area contributed by atoms with Crippen LogP contribution in [0.4, 0.5) is 17.6 Å². The van der Waals surface area contributed by atoms with Gasteiger partial charge in [0.1, 0.15) is 30.3 Å². The fourth-order valence-electron chi connectivity index (χ4n) is 2.68. The van der Waals surface area contributed by atoms with Gasteiger partial charge in [0.25, 0.3) is 5.91 Å². The number of ether oxygens (including phenoxy) is 1. The maximum Gasteiger partial charge on any atom is 0.416 e. The number of aliphatic hydroxyl groups is 1. The Morgan fingerprint density at radius 2 is 1.62 bits per heavy atom. The number of nitrogens with one attached hydrogen (secondary N) is 2. The summed E-state index contributed by atoms with van der Waals surface area (Å²) < 4.78 is 55.9. The highest BCUT2D eigenvalue weighted by molar-refractivity contribution is 5.97. The predicted octanol–water partition coefficient (Wildman–Crippen LogP) is 3.16. The topological polar surface area (TPSA) is 87.7 Å². The maximum absolute atomic E-state index is 13.0. The summed E-state index contributed by atoms with van der Waals surface area (Å²) in [5.41, 5.74) is -0.630. The number of carbonyl (C=O) groups is 2. The monoisotopic (exact) mass is 456 g/mol. The van der Waals surface area contributed by atoms with E-state index in [2.05, 4.69) is 10.6 Å². The average Bonchev–Trinajstić information content (AvgIpc) is 2.74. The number of rotatable bonds is 9. The van der Waals surface area contributed by atoms with Gasteiger partial charge in [-0.05, 0) is 54.4 Å². The van der Waals surface area contributed by atoms with Crippen molar-refractivity contribution in [1.82, 2.24) is 10.6 Å². The van der Waals surface area contributed by atoms with Crippen molar-refractivity contribution in [2.75, 3.05) is 13.2 Å². The smallest absolute Gasteiger partial charge is 0.416 e. The Bertz CT molecular complexity index is 900. The van der Waals surface area contributed by atoms with E-state index >= 15 is 0 Å². The van der Waals surface area contributed by atoms with Gasteiger partial charge in [0, 0.05) is 12.1 Å². The number of benzene rings is 2. The summed E-state index contributed by atoms with van der Waals surface area (Å²) in [6, 6.07) is 7.93. The van der Waals surface area contributed by atoms with E-state index in [1.807, 2.05) is 0 Å². The summed E-state index contributed by atoms with van der Waals surface area (Å²) >= 11 is 0. The molecule has 2 atom stereocenters. The summed E-state index contributed by atoms with van der Waals surface area (Å²) in [5, 5.41) is 15.1. The van der Waals surface area contributed by atoms with Gasteiger partial charge in [0.05, 0.1) is 5.56 Å². The number of aliphatic hydroxyl groups excluding tert-OH is 1. The molecule has 0 saturated carbocycles. The maximum atomic E-state index is 13.0. The molecule has 32 heavy (non-hydrogen) atoms. The quantitative estimate of drug-likeness (QED) is 0.506. The van der Waals surface area contributed by atoms with E-state index in [0.29, 0.717) is 0 Å². The Kier molecular flexibility index (Phi) is 8.59. The zero-order valence-electron chi connectivity index (χ0n) is 17.4. The van der Waals surface area contributed by atoms with Crippen LogP contribution >= 0.6 is 0 Å². The summed E-state index contributed by atoms with van der Waals surface area (Å²) in [6.07, 6.45) is -5.59. The third-order valence-electron chi connectivity index (χ3n) is 4.48. The Balaban J connectivity index is 1.84. The van der Waals surface area contributed by atoms with E-state index in [0.717, 1.165) is 36.4 Å². The fourth-order valence-corrected chi connectivity index (χ4v) is 2.68. The summed E-state index contributed by atoms with van der Waals surface area (Å²) in [7, 11) is 0. The molecule has 2 aromatic rings. The van der Waals surface area contributed by atoms with Crippen molar-refractivity contribution in [3.05, 3.63) is 65.5 Å². The van der Waals surface area contributed by atoms with Crippen LogP contribution in [0.15, 0.2) is 48.5 Å². The van der Waals surface area contributed by atoms with Crippen molar-refractivity contribution in [1.29, 1.82) is 0 Å². The highest BCUT2D eigenvalue weighted by Crippen LogP contribution is 2.30. The van der Waals surface area contributed by atoms with Crippen molar-refractivity contribution in [3.63, 3.8) is 0 Å². The van der Waals surface area contributed by atoms with E-state index in [-0.39, 0.29) is 30.4 Å². The molecule has 0 bridgehead atoms. The molecular formula is C22H24F4N2O4. The third kappa shape index (κ3) is 7.52. The predicted molar refractivity (Wildman–Crippen MR) is 108 cm³/mol. The second kappa shape index (κ2) is 10.9. The first-order valence-corrected chi connectivity index (χ1v) is 9.79. The zero-order chi connectivity index (χ0) is 23.9. The third-order valence-corrected chi connectivity index (χ3v) is 4.48. The van der Waals surface area contributed by atoms with Gasteiger partial charge >= 0.3 is 6.18 Å². The van der Waals surface area contributed by atoms with Gasteiger partial charge in [-0.3, -0.25) is 9.59 Å². The number of halogens is 4. The fraction of sp³-hybridized carbons (Fsp3) is 0.364. The SMILES string of the molecule is CC(C)C(NC(=O)c1ccc(F)cc1)C(=O)NCC(O)COc1ccc(C(F)(F)F)cc1. The molecule has 174 valence electrons. The minimum Gasteiger partial charge on any atom is -0.491 e. The van der Waals surface area contributed by atoms with Crippen LogP contribution in [0, 0.1) is 11.7 Å². The van der Waals surface area contributed by atoms with Crippen LogP contribution in [-0.4, -0.2) is 42.2 Å². The lowest BCUT2D eigenvalue weighted by Gasteiger charge is -2.22. The van der Waals surface area contributed by atoms with Gasteiger partial charge in [0.15, 0.2) is 0 Å². The molecule has 2 rings (SSSR count). The van der Waals surface area contributed by atoms with Gasteiger partial charge in [-0.1, -0.05) is 13.8 Å². The molecule has 10 heteroatoms. The Morgan fingerprint density at radius 3 is 2.16 bits per heavy atom. The van der Waals surface area contributed by atoms with Crippen LogP contribution in [0.25, 0.3) is 0 Å². The van der Waals surface area contributed by atoms with E-state index in [1.54, 1.807) is 13.8 Å². The lowest BCUT2D eigenvalue weighted by Crippen LogP contribution is -2.51. The normalized spacial score (nSPS) is 13.4. The van der Waals surface area contributed by atoms with E-state index in [1.165, 1.54) is 12.1 Å². The standard InChI is InChI=1S/C22H24F4N2O4/c1-13(2)19(28-20(30)14-3-7-16(23)8-4-14)21(31)27-11-17(29)12-32-18-9-5-15(6-10-18)22(24,25)26/h3-10,13,17,19,29H,11-12H2,1-2H3,(H,27,31)(H,28,30). The molecule has 0 radical (unpaired) electrons. The van der Waals surface area contributed by atoms with E-state index < -0.39 is 41.5 Å². The first-order chi connectivity index (χ1) is 15.0. The number of hydrogen-bond acceptors (Lipinski definition) is 4. The molecule has 2 amide bonds. The molecule has 0 aliphatic carbocycles. The van der Waals surface area contributed by atoms with Gasteiger partial charge in [-0.15, -0.1) is 0 Å². The van der Waals surface area contributed by atoms with Gasteiger partial charge < -0.3 is 20.5 Å². The molecule has 0 aliphatic rings. The molecule has 0 aromatic heterocycles. The second-order valence-corrected chi connectivity index (χ2v) is 7.43. The van der Waals surface area contributed by atoms with Crippen LogP contribution < -0.4 is 15.4 Å². The second-order valence-electron chi connectivity index (χ2n) is 7.43. The first kappa shape index (κ1) is 25.1. The van der Waals surface area contributed by atoms with Crippen LogP contribution in [0.1, 0.15) is 29.8 Å². The van der Waals surface area contributed by atoms with Crippen molar-refractivity contribution in [2.45, 2.75) is 32.2 Å². The van der Waals surface area contributed by atoms with Gasteiger partial charge in [-0.25, -0.2) is 4.39 Å². The molecule has 2 unspecified atom stereocenters. The van der Waals surface area contributed by atoms with Crippen molar-refractivity contribution >= 4 is 11.8 Å². The van der Waals surface area contributed by atoms with Crippen LogP contribution in [0.2, 0.25) is 0 Å². The van der Waals surface area contributed by atoms with Crippen molar-refractivity contribution in [3.8, 4) is 5.75 Å². The molecule has 0 fully saturated rings. The highest BCUT2D eigenvalue weighted by atomic mass is 19.4. The summed E-state index contributed by atoms with van der Waals surface area (Å²) in [6.45, 7) is 2.98. The molecule has 0 saturated heterocycles. The largest absolute Gasteiger partial charge is 0.491 e. The zero-order valence-corrected chi connectivity index (χ0v) is 17.4. The molecule has 0 spiro atoms. The molecule has 0 aliphatic heterocycles.